The van der Waals surface area contributed by atoms with E-state index >= 15 is 0 Å². The Bertz CT molecular complexity index is 922. The molecule has 2 aromatic rings. The minimum Gasteiger partial charge on any atom is -0.207 e. The van der Waals surface area contributed by atoms with E-state index in [0.717, 1.165) is 54.7 Å². The molecular formula is C29H33F. The third-order valence-electron chi connectivity index (χ3n) is 6.08. The van der Waals surface area contributed by atoms with Crippen LogP contribution in [0.15, 0.2) is 42.5 Å². The van der Waals surface area contributed by atoms with Gasteiger partial charge in [0.2, 0.25) is 0 Å². The van der Waals surface area contributed by atoms with Crippen molar-refractivity contribution in [2.45, 2.75) is 77.6 Å². The lowest BCUT2D eigenvalue weighted by Crippen LogP contribution is -2.14. The summed E-state index contributed by atoms with van der Waals surface area (Å²) in [6.45, 7) is 4.39. The zero-order chi connectivity index (χ0) is 21.2. The summed E-state index contributed by atoms with van der Waals surface area (Å²) >= 11 is 0. The highest BCUT2D eigenvalue weighted by Gasteiger charge is 2.23. The first-order valence-electron chi connectivity index (χ1n) is 11.6. The Morgan fingerprint density at radius 1 is 0.833 bits per heavy atom. The molecule has 3 rings (SSSR count). The van der Waals surface area contributed by atoms with E-state index in [4.69, 9.17) is 0 Å². The van der Waals surface area contributed by atoms with Crippen LogP contribution in [0.2, 0.25) is 0 Å². The molecule has 0 saturated heterocycles. The second-order valence-corrected chi connectivity index (χ2v) is 8.47. The molecule has 0 spiro atoms. The highest BCUT2D eigenvalue weighted by molar-refractivity contribution is 5.45. The van der Waals surface area contributed by atoms with Gasteiger partial charge >= 0.3 is 0 Å². The van der Waals surface area contributed by atoms with Crippen LogP contribution in [0.5, 0.6) is 0 Å². The average Bonchev–Trinajstić information content (AvgIpc) is 2.77. The molecule has 2 aromatic carbocycles. The van der Waals surface area contributed by atoms with Crippen LogP contribution in [0.4, 0.5) is 4.39 Å². The first-order chi connectivity index (χ1) is 14.7. The first-order valence-corrected chi connectivity index (χ1v) is 11.6. The summed E-state index contributed by atoms with van der Waals surface area (Å²) in [6, 6.07) is 13.7. The molecule has 0 radical (unpaired) electrons. The number of rotatable bonds is 5. The Balaban J connectivity index is 1.60. The minimum atomic E-state index is -0.0956. The molecule has 0 bridgehead atoms. The zero-order valence-corrected chi connectivity index (χ0v) is 18.4. The quantitative estimate of drug-likeness (QED) is 0.452. The molecule has 0 unspecified atom stereocenters. The predicted molar refractivity (Wildman–Crippen MR) is 125 cm³/mol. The molecule has 0 aliphatic heterocycles. The van der Waals surface area contributed by atoms with Crippen LogP contribution in [-0.2, 0) is 6.42 Å². The lowest BCUT2D eigenvalue weighted by molar-refractivity contribution is 0.304. The van der Waals surface area contributed by atoms with Crippen LogP contribution < -0.4 is 0 Å². The highest BCUT2D eigenvalue weighted by atomic mass is 19.1. The molecule has 1 aliphatic carbocycles. The zero-order valence-electron chi connectivity index (χ0n) is 18.4. The Morgan fingerprint density at radius 2 is 1.53 bits per heavy atom. The van der Waals surface area contributed by atoms with Crippen molar-refractivity contribution in [3.05, 3.63) is 70.5 Å². The molecule has 0 nitrogen and oxygen atoms in total. The second kappa shape index (κ2) is 11.6. The summed E-state index contributed by atoms with van der Waals surface area (Å²) in [5.74, 6) is 13.8. The van der Waals surface area contributed by atoms with Gasteiger partial charge in [-0.3, -0.25) is 0 Å². The van der Waals surface area contributed by atoms with Gasteiger partial charge in [0.1, 0.15) is 5.82 Å². The van der Waals surface area contributed by atoms with E-state index in [9.17, 15) is 4.39 Å². The summed E-state index contributed by atoms with van der Waals surface area (Å²) in [5.41, 5.74) is 3.77. The van der Waals surface area contributed by atoms with Gasteiger partial charge in [0, 0.05) is 24.0 Å². The van der Waals surface area contributed by atoms with Crippen molar-refractivity contribution < 1.29 is 4.39 Å². The average molecular weight is 401 g/mol. The third kappa shape index (κ3) is 6.50. The van der Waals surface area contributed by atoms with Crippen molar-refractivity contribution in [1.82, 2.24) is 0 Å². The topological polar surface area (TPSA) is 0 Å². The fourth-order valence-corrected chi connectivity index (χ4v) is 4.33. The smallest absolute Gasteiger partial charge is 0.127 e. The van der Waals surface area contributed by atoms with E-state index in [1.807, 2.05) is 24.3 Å². The van der Waals surface area contributed by atoms with Crippen LogP contribution in [0, 0.1) is 35.4 Å². The molecule has 0 atom stereocenters. The Kier molecular flexibility index (Phi) is 8.59. The molecule has 0 amide bonds. The van der Waals surface area contributed by atoms with Gasteiger partial charge in [-0.2, -0.15) is 0 Å². The van der Waals surface area contributed by atoms with Gasteiger partial charge in [0.15, 0.2) is 0 Å². The highest BCUT2D eigenvalue weighted by Crippen LogP contribution is 2.38. The fourth-order valence-electron chi connectivity index (χ4n) is 4.33. The molecule has 1 aliphatic rings. The number of unbranched alkanes of at least 4 members (excludes halogenated alkanes) is 1. The van der Waals surface area contributed by atoms with Gasteiger partial charge in [-0.15, -0.1) is 5.92 Å². The van der Waals surface area contributed by atoms with Crippen molar-refractivity contribution in [2.24, 2.45) is 5.92 Å². The first kappa shape index (κ1) is 22.2. The lowest BCUT2D eigenvalue weighted by Gasteiger charge is -2.28. The third-order valence-corrected chi connectivity index (χ3v) is 6.08. The molecule has 1 saturated carbocycles. The Labute approximate surface area is 182 Å². The molecule has 156 valence electrons. The van der Waals surface area contributed by atoms with E-state index < -0.39 is 0 Å². The molecule has 0 N–H and O–H groups in total. The second-order valence-electron chi connectivity index (χ2n) is 8.47. The molecule has 0 aromatic heterocycles. The van der Waals surface area contributed by atoms with Crippen molar-refractivity contribution in [3.63, 3.8) is 0 Å². The maximum atomic E-state index is 14.8. The van der Waals surface area contributed by atoms with Gasteiger partial charge in [0.05, 0.1) is 0 Å². The van der Waals surface area contributed by atoms with Gasteiger partial charge in [-0.1, -0.05) is 62.6 Å². The number of hydrogen-bond donors (Lipinski definition) is 0. The lowest BCUT2D eigenvalue weighted by atomic mass is 9.77. The summed E-state index contributed by atoms with van der Waals surface area (Å²) < 4.78 is 14.8. The fraction of sp³-hybridized carbons (Fsp3) is 0.448. The van der Waals surface area contributed by atoms with Gasteiger partial charge < -0.3 is 0 Å². The SMILES string of the molecule is CCCC#CCc1ccc(C#Cc2ccc(C3CCC(CCC)CC3)c(F)c2)cc1. The standard InChI is InChI=1S/C29H33F/c1-3-5-6-7-9-24-10-12-25(13-11-24)14-15-26-18-21-28(29(30)22-26)27-19-16-23(8-4-2)17-20-27/h10-13,18,21-23,27H,3-5,8-9,16-17,19-20H2,1-2H3. The number of benzene rings is 2. The Morgan fingerprint density at radius 3 is 2.20 bits per heavy atom. The molecule has 0 heterocycles. The van der Waals surface area contributed by atoms with Crippen molar-refractivity contribution in [2.75, 3.05) is 0 Å². The molecule has 1 fully saturated rings. The summed E-state index contributed by atoms with van der Waals surface area (Å²) in [4.78, 5) is 0. The van der Waals surface area contributed by atoms with E-state index in [2.05, 4.69) is 49.7 Å². The van der Waals surface area contributed by atoms with Gasteiger partial charge in [0.25, 0.3) is 0 Å². The maximum Gasteiger partial charge on any atom is 0.127 e. The minimum absolute atomic E-state index is 0.0956. The van der Waals surface area contributed by atoms with E-state index in [-0.39, 0.29) is 5.82 Å². The van der Waals surface area contributed by atoms with E-state index in [1.54, 1.807) is 6.07 Å². The van der Waals surface area contributed by atoms with Gasteiger partial charge in [-0.25, -0.2) is 4.39 Å². The van der Waals surface area contributed by atoms with Crippen molar-refractivity contribution >= 4 is 0 Å². The molecule has 1 heteroatoms. The molecule has 30 heavy (non-hydrogen) atoms. The van der Waals surface area contributed by atoms with Crippen LogP contribution in [-0.4, -0.2) is 0 Å². The predicted octanol–water partition coefficient (Wildman–Crippen LogP) is 7.65. The number of hydrogen-bond acceptors (Lipinski definition) is 0. The maximum absolute atomic E-state index is 14.8. The van der Waals surface area contributed by atoms with Crippen LogP contribution in [0.3, 0.4) is 0 Å². The van der Waals surface area contributed by atoms with Crippen molar-refractivity contribution in [1.29, 1.82) is 0 Å². The normalized spacial score (nSPS) is 18.1. The van der Waals surface area contributed by atoms with Crippen LogP contribution in [0.25, 0.3) is 0 Å². The van der Waals surface area contributed by atoms with Crippen molar-refractivity contribution in [3.8, 4) is 23.7 Å². The van der Waals surface area contributed by atoms with Crippen LogP contribution >= 0.6 is 0 Å². The monoisotopic (exact) mass is 400 g/mol. The number of halogens is 1. The van der Waals surface area contributed by atoms with E-state index in [1.165, 1.54) is 31.2 Å². The molecular weight excluding hydrogens is 367 g/mol. The summed E-state index contributed by atoms with van der Waals surface area (Å²) in [5, 5.41) is 0. The van der Waals surface area contributed by atoms with Gasteiger partial charge in [-0.05, 0) is 79.3 Å². The summed E-state index contributed by atoms with van der Waals surface area (Å²) in [6.07, 6.45) is 10.1. The van der Waals surface area contributed by atoms with Crippen LogP contribution in [0.1, 0.15) is 93.4 Å². The summed E-state index contributed by atoms with van der Waals surface area (Å²) in [7, 11) is 0. The Hall–Kier alpha value is -2.51. The largest absolute Gasteiger partial charge is 0.207 e. The van der Waals surface area contributed by atoms with E-state index in [0.29, 0.717) is 5.92 Å².